The highest BCUT2D eigenvalue weighted by atomic mass is 17.1. The van der Waals surface area contributed by atoms with Crippen molar-refractivity contribution in [2.24, 2.45) is 5.92 Å². The monoisotopic (exact) mass is 268 g/mol. The molecular weight excluding hydrogens is 244 g/mol. The Morgan fingerprint density at radius 3 is 2.74 bits per heavy atom. The molecule has 0 aromatic rings. The highest BCUT2D eigenvalue weighted by molar-refractivity contribution is 5.98. The van der Waals surface area contributed by atoms with Crippen molar-refractivity contribution in [3.63, 3.8) is 0 Å². The zero-order valence-corrected chi connectivity index (χ0v) is 12.1. The van der Waals surface area contributed by atoms with Gasteiger partial charge in [0.25, 0.3) is 0 Å². The topological polar surface area (TPSA) is 66.8 Å². The quantitative estimate of drug-likeness (QED) is 0.457. The van der Waals surface area contributed by atoms with E-state index >= 15 is 0 Å². The standard InChI is InChI=1S/C15H24O4/c1-11-7-9-15(17,13(16)10-11)12(2)6-5-8-14(3,4)19-18/h5,8,10,12,17-18H,6-7,9H2,1-4H3/b8-5+/t12-,15-/m1/s1. The van der Waals surface area contributed by atoms with Crippen LogP contribution in [0, 0.1) is 5.92 Å². The van der Waals surface area contributed by atoms with Crippen LogP contribution in [0.5, 0.6) is 0 Å². The first-order chi connectivity index (χ1) is 8.71. The number of hydrogen-bond acceptors (Lipinski definition) is 4. The van der Waals surface area contributed by atoms with E-state index in [-0.39, 0.29) is 11.7 Å². The molecule has 0 unspecified atom stereocenters. The van der Waals surface area contributed by atoms with Gasteiger partial charge in [-0.2, -0.15) is 0 Å². The van der Waals surface area contributed by atoms with Crippen LogP contribution in [0.15, 0.2) is 23.8 Å². The lowest BCUT2D eigenvalue weighted by atomic mass is 9.75. The minimum Gasteiger partial charge on any atom is -0.381 e. The third kappa shape index (κ3) is 4.00. The number of carbonyl (C=O) groups is 1. The van der Waals surface area contributed by atoms with Gasteiger partial charge in [0, 0.05) is 0 Å². The fourth-order valence-corrected chi connectivity index (χ4v) is 2.20. The maximum absolute atomic E-state index is 12.0. The summed E-state index contributed by atoms with van der Waals surface area (Å²) in [6, 6.07) is 0. The number of aliphatic hydroxyl groups is 1. The average molecular weight is 268 g/mol. The van der Waals surface area contributed by atoms with Gasteiger partial charge in [-0.1, -0.05) is 24.6 Å². The largest absolute Gasteiger partial charge is 0.381 e. The molecule has 1 rings (SSSR count). The Morgan fingerprint density at radius 2 is 2.21 bits per heavy atom. The van der Waals surface area contributed by atoms with E-state index in [1.807, 2.05) is 19.9 Å². The molecular formula is C15H24O4. The molecule has 0 spiro atoms. The number of carbonyl (C=O) groups excluding carboxylic acids is 1. The fourth-order valence-electron chi connectivity index (χ4n) is 2.20. The molecule has 1 aliphatic carbocycles. The smallest absolute Gasteiger partial charge is 0.187 e. The van der Waals surface area contributed by atoms with Gasteiger partial charge in [0.1, 0.15) is 11.2 Å². The summed E-state index contributed by atoms with van der Waals surface area (Å²) >= 11 is 0. The van der Waals surface area contributed by atoms with Crippen LogP contribution in [0.4, 0.5) is 0 Å². The average Bonchev–Trinajstić information content (AvgIpc) is 2.34. The molecule has 0 saturated carbocycles. The zero-order valence-electron chi connectivity index (χ0n) is 12.1. The molecule has 0 saturated heterocycles. The highest BCUT2D eigenvalue weighted by Crippen LogP contribution is 2.33. The Bertz CT molecular complexity index is 395. The normalized spacial score (nSPS) is 26.6. The Labute approximate surface area is 114 Å². The Balaban J connectivity index is 2.68. The summed E-state index contributed by atoms with van der Waals surface area (Å²) in [6.07, 6.45) is 6.88. The highest BCUT2D eigenvalue weighted by Gasteiger charge is 2.41. The summed E-state index contributed by atoms with van der Waals surface area (Å²) in [4.78, 5) is 16.3. The van der Waals surface area contributed by atoms with Crippen molar-refractivity contribution in [3.05, 3.63) is 23.8 Å². The van der Waals surface area contributed by atoms with E-state index in [2.05, 4.69) is 4.89 Å². The van der Waals surface area contributed by atoms with Crippen LogP contribution in [0.1, 0.15) is 47.0 Å². The molecule has 19 heavy (non-hydrogen) atoms. The molecule has 0 bridgehead atoms. The molecule has 0 aliphatic heterocycles. The second kappa shape index (κ2) is 5.99. The summed E-state index contributed by atoms with van der Waals surface area (Å²) in [5.41, 5.74) is -1.00. The van der Waals surface area contributed by atoms with E-state index in [9.17, 15) is 9.90 Å². The molecule has 2 N–H and O–H groups in total. The van der Waals surface area contributed by atoms with Crippen molar-refractivity contribution in [2.45, 2.75) is 58.2 Å². The first kappa shape index (κ1) is 16.1. The molecule has 108 valence electrons. The molecule has 0 heterocycles. The van der Waals surface area contributed by atoms with E-state index < -0.39 is 11.2 Å². The molecule has 0 amide bonds. The van der Waals surface area contributed by atoms with Gasteiger partial charge >= 0.3 is 0 Å². The SMILES string of the molecule is CC1=CC(=O)[C@](O)([C@H](C)C/C=C/C(C)(C)OO)CC1. The predicted octanol–water partition coefficient (Wildman–Crippen LogP) is 2.88. The van der Waals surface area contributed by atoms with Crippen LogP contribution >= 0.6 is 0 Å². The van der Waals surface area contributed by atoms with E-state index in [0.717, 1.165) is 12.0 Å². The second-order valence-corrected chi connectivity index (χ2v) is 6.01. The van der Waals surface area contributed by atoms with Gasteiger partial charge in [-0.15, -0.1) is 0 Å². The van der Waals surface area contributed by atoms with Crippen LogP contribution in [-0.2, 0) is 9.68 Å². The van der Waals surface area contributed by atoms with Crippen molar-refractivity contribution < 1.29 is 20.0 Å². The van der Waals surface area contributed by atoms with Crippen molar-refractivity contribution in [2.75, 3.05) is 0 Å². The van der Waals surface area contributed by atoms with E-state index in [4.69, 9.17) is 5.26 Å². The van der Waals surface area contributed by atoms with Crippen LogP contribution in [0.25, 0.3) is 0 Å². The summed E-state index contributed by atoms with van der Waals surface area (Å²) in [7, 11) is 0. The molecule has 0 radical (unpaired) electrons. The van der Waals surface area contributed by atoms with E-state index in [0.29, 0.717) is 12.8 Å². The van der Waals surface area contributed by atoms with Crippen LogP contribution in [0.3, 0.4) is 0 Å². The summed E-state index contributed by atoms with van der Waals surface area (Å²) < 4.78 is 0. The van der Waals surface area contributed by atoms with Gasteiger partial charge in [0.2, 0.25) is 0 Å². The summed E-state index contributed by atoms with van der Waals surface area (Å²) in [5.74, 6) is -0.370. The molecule has 0 fully saturated rings. The van der Waals surface area contributed by atoms with E-state index in [1.54, 1.807) is 26.0 Å². The van der Waals surface area contributed by atoms with Crippen LogP contribution < -0.4 is 0 Å². The van der Waals surface area contributed by atoms with Gasteiger partial charge in [-0.25, -0.2) is 4.89 Å². The molecule has 2 atom stereocenters. The Morgan fingerprint density at radius 1 is 1.58 bits per heavy atom. The molecule has 4 nitrogen and oxygen atoms in total. The Hall–Kier alpha value is -0.970. The minimum atomic E-state index is -1.27. The Kier molecular flexibility index (Phi) is 5.07. The molecule has 0 aromatic carbocycles. The van der Waals surface area contributed by atoms with Gasteiger partial charge in [-0.3, -0.25) is 10.1 Å². The fraction of sp³-hybridized carbons (Fsp3) is 0.667. The van der Waals surface area contributed by atoms with Crippen molar-refractivity contribution in [1.82, 2.24) is 0 Å². The maximum atomic E-state index is 12.0. The number of hydrogen-bond donors (Lipinski definition) is 2. The lowest BCUT2D eigenvalue weighted by Crippen LogP contribution is -2.45. The van der Waals surface area contributed by atoms with Crippen molar-refractivity contribution in [1.29, 1.82) is 0 Å². The lowest BCUT2D eigenvalue weighted by Gasteiger charge is -2.34. The molecule has 1 aliphatic rings. The summed E-state index contributed by atoms with van der Waals surface area (Å²) in [5, 5.41) is 19.2. The zero-order chi connectivity index (χ0) is 14.7. The number of rotatable bonds is 5. The molecule has 4 heteroatoms. The number of allylic oxidation sites excluding steroid dienone is 2. The third-order valence-electron chi connectivity index (χ3n) is 3.76. The van der Waals surface area contributed by atoms with Gasteiger partial charge in [0.15, 0.2) is 5.78 Å². The van der Waals surface area contributed by atoms with E-state index in [1.165, 1.54) is 0 Å². The van der Waals surface area contributed by atoms with Crippen LogP contribution in [-0.4, -0.2) is 27.3 Å². The third-order valence-corrected chi connectivity index (χ3v) is 3.76. The van der Waals surface area contributed by atoms with Crippen molar-refractivity contribution in [3.8, 4) is 0 Å². The second-order valence-electron chi connectivity index (χ2n) is 6.01. The van der Waals surface area contributed by atoms with Gasteiger partial charge < -0.3 is 5.11 Å². The van der Waals surface area contributed by atoms with Gasteiger partial charge in [0.05, 0.1) is 0 Å². The molecule has 0 aromatic heterocycles. The van der Waals surface area contributed by atoms with Gasteiger partial charge in [-0.05, 0) is 52.0 Å². The predicted molar refractivity (Wildman–Crippen MR) is 73.7 cm³/mol. The number of ketones is 1. The van der Waals surface area contributed by atoms with Crippen LogP contribution in [0.2, 0.25) is 0 Å². The maximum Gasteiger partial charge on any atom is 0.187 e. The summed E-state index contributed by atoms with van der Waals surface area (Å²) in [6.45, 7) is 7.22. The van der Waals surface area contributed by atoms with Crippen molar-refractivity contribution >= 4 is 5.78 Å². The first-order valence-electron chi connectivity index (χ1n) is 6.65. The minimum absolute atomic E-state index is 0.171. The first-order valence-corrected chi connectivity index (χ1v) is 6.65. The lowest BCUT2D eigenvalue weighted by molar-refractivity contribution is -0.297.